The maximum Gasteiger partial charge on any atom is 0.251 e. The first-order valence-electron chi connectivity index (χ1n) is 14.9. The number of nitrogens with zero attached hydrogens (tertiary/aromatic N) is 5. The summed E-state index contributed by atoms with van der Waals surface area (Å²) in [6.45, 7) is 4.66. The van der Waals surface area contributed by atoms with E-state index in [1.807, 2.05) is 6.07 Å². The van der Waals surface area contributed by atoms with Crippen LogP contribution in [0.15, 0.2) is 24.4 Å². The summed E-state index contributed by atoms with van der Waals surface area (Å²) >= 11 is 0. The van der Waals surface area contributed by atoms with Crippen molar-refractivity contribution in [3.8, 4) is 5.75 Å². The lowest BCUT2D eigenvalue weighted by Gasteiger charge is -2.30. The number of fused-ring (bicyclic) bond motifs is 1. The number of likely N-dealkylation sites (tertiary alicyclic amines) is 1. The molecule has 2 aromatic rings. The average molecular weight is 550 g/mol. The molecule has 3 heterocycles. The number of anilines is 4. The summed E-state index contributed by atoms with van der Waals surface area (Å²) in [5, 5.41) is 6.33. The molecule has 10 heteroatoms. The number of aromatic nitrogens is 2. The van der Waals surface area contributed by atoms with Crippen molar-refractivity contribution in [2.45, 2.75) is 70.3 Å². The average Bonchev–Trinajstić information content (AvgIpc) is 3.33. The number of amides is 2. The highest BCUT2D eigenvalue weighted by Gasteiger charge is 2.31. The van der Waals surface area contributed by atoms with E-state index in [1.165, 1.54) is 51.6 Å². The zero-order valence-electron chi connectivity index (χ0n) is 24.0. The Morgan fingerprint density at radius 3 is 2.60 bits per heavy atom. The molecule has 2 amide bonds. The zero-order chi connectivity index (χ0) is 27.9. The van der Waals surface area contributed by atoms with Gasteiger partial charge in [0.1, 0.15) is 11.4 Å². The van der Waals surface area contributed by atoms with Gasteiger partial charge in [0.05, 0.1) is 19.0 Å². The van der Waals surface area contributed by atoms with Gasteiger partial charge >= 0.3 is 0 Å². The van der Waals surface area contributed by atoms with Crippen LogP contribution in [0.25, 0.3) is 0 Å². The first kappa shape index (κ1) is 28.1. The molecule has 1 aromatic heterocycles. The van der Waals surface area contributed by atoms with Gasteiger partial charge < -0.3 is 30.1 Å². The molecule has 1 aromatic carbocycles. The van der Waals surface area contributed by atoms with Crippen molar-refractivity contribution in [2.75, 3.05) is 62.0 Å². The summed E-state index contributed by atoms with van der Waals surface area (Å²) in [6, 6.07) is 5.74. The predicted molar refractivity (Wildman–Crippen MR) is 158 cm³/mol. The van der Waals surface area contributed by atoms with Gasteiger partial charge in [0.15, 0.2) is 5.82 Å². The largest absolute Gasteiger partial charge is 0.495 e. The molecule has 10 nitrogen and oxygen atoms in total. The van der Waals surface area contributed by atoms with E-state index in [-0.39, 0.29) is 11.8 Å². The quantitative estimate of drug-likeness (QED) is 0.446. The summed E-state index contributed by atoms with van der Waals surface area (Å²) in [5.41, 5.74) is 1.95. The first-order valence-corrected chi connectivity index (χ1v) is 14.9. The molecule has 2 fully saturated rings. The van der Waals surface area contributed by atoms with Gasteiger partial charge in [-0.05, 0) is 69.9 Å². The third kappa shape index (κ3) is 6.66. The van der Waals surface area contributed by atoms with Crippen LogP contribution >= 0.6 is 0 Å². The van der Waals surface area contributed by atoms with Crippen LogP contribution < -0.4 is 25.2 Å². The Bertz CT molecular complexity index is 1180. The van der Waals surface area contributed by atoms with E-state index < -0.39 is 0 Å². The molecule has 2 N–H and O–H groups in total. The Labute approximate surface area is 237 Å². The number of carbonyl (C=O) groups is 2. The molecule has 1 saturated carbocycles. The summed E-state index contributed by atoms with van der Waals surface area (Å²) in [6.07, 6.45) is 13.0. The van der Waals surface area contributed by atoms with Crippen LogP contribution in [0.3, 0.4) is 0 Å². The van der Waals surface area contributed by atoms with Gasteiger partial charge in [-0.3, -0.25) is 9.59 Å². The minimum absolute atomic E-state index is 0.0727. The number of nitrogens with one attached hydrogen (secondary N) is 2. The fourth-order valence-electron chi connectivity index (χ4n) is 6.09. The molecule has 40 heavy (non-hydrogen) atoms. The maximum atomic E-state index is 12.8. The molecule has 0 radical (unpaired) electrons. The van der Waals surface area contributed by atoms with Gasteiger partial charge in [0.25, 0.3) is 5.91 Å². The summed E-state index contributed by atoms with van der Waals surface area (Å²) in [5.74, 6) is 1.71. The van der Waals surface area contributed by atoms with Crippen LogP contribution in [0.5, 0.6) is 5.75 Å². The van der Waals surface area contributed by atoms with Crippen molar-refractivity contribution >= 4 is 35.0 Å². The highest BCUT2D eigenvalue weighted by Crippen LogP contribution is 2.37. The Balaban J connectivity index is 1.25. The van der Waals surface area contributed by atoms with Crippen molar-refractivity contribution in [1.82, 2.24) is 20.2 Å². The minimum Gasteiger partial charge on any atom is -0.495 e. The molecule has 0 unspecified atom stereocenters. The van der Waals surface area contributed by atoms with Gasteiger partial charge in [0.2, 0.25) is 11.9 Å². The van der Waals surface area contributed by atoms with E-state index >= 15 is 0 Å². The monoisotopic (exact) mass is 549 g/mol. The number of carbonyl (C=O) groups excluding carboxylic acids is 2. The second-order valence-electron chi connectivity index (χ2n) is 11.1. The molecule has 5 rings (SSSR count). The lowest BCUT2D eigenvalue weighted by molar-refractivity contribution is -0.118. The molecule has 2 aliphatic heterocycles. The topological polar surface area (TPSA) is 103 Å². The Kier molecular flexibility index (Phi) is 9.36. The Hall–Kier alpha value is -3.40. The van der Waals surface area contributed by atoms with Crippen LogP contribution in [0.1, 0.15) is 74.6 Å². The van der Waals surface area contributed by atoms with E-state index in [4.69, 9.17) is 9.72 Å². The molecule has 3 aliphatic rings. The van der Waals surface area contributed by atoms with E-state index in [2.05, 4.69) is 25.4 Å². The number of hydrogen-bond donors (Lipinski definition) is 2. The SMILES string of the molecule is COc1cc(C(=O)NCCCN2CCCCCC2)ccc1Nc1ncc2c(n1)N(C1CCCC1)CCC(=O)N2C. The van der Waals surface area contributed by atoms with Crippen molar-refractivity contribution in [1.29, 1.82) is 0 Å². The van der Waals surface area contributed by atoms with Crippen LogP contribution in [0.2, 0.25) is 0 Å². The fourth-order valence-corrected chi connectivity index (χ4v) is 6.09. The van der Waals surface area contributed by atoms with Gasteiger partial charge in [-0.15, -0.1) is 0 Å². The highest BCUT2D eigenvalue weighted by molar-refractivity contribution is 5.97. The Morgan fingerprint density at radius 2 is 1.85 bits per heavy atom. The predicted octanol–water partition coefficient (Wildman–Crippen LogP) is 4.34. The number of ether oxygens (including phenoxy) is 1. The van der Waals surface area contributed by atoms with Crippen molar-refractivity contribution in [3.05, 3.63) is 30.0 Å². The summed E-state index contributed by atoms with van der Waals surface area (Å²) < 4.78 is 5.62. The number of methoxy groups -OCH3 is 1. The second-order valence-corrected chi connectivity index (χ2v) is 11.1. The fraction of sp³-hybridized carbons (Fsp3) is 0.600. The van der Waals surface area contributed by atoms with Gasteiger partial charge in [-0.1, -0.05) is 25.7 Å². The molecular weight excluding hydrogens is 506 g/mol. The molecule has 1 saturated heterocycles. The lowest BCUT2D eigenvalue weighted by Crippen LogP contribution is -2.34. The Morgan fingerprint density at radius 1 is 1.07 bits per heavy atom. The smallest absolute Gasteiger partial charge is 0.251 e. The lowest BCUT2D eigenvalue weighted by atomic mass is 10.1. The highest BCUT2D eigenvalue weighted by atomic mass is 16.5. The van der Waals surface area contributed by atoms with Crippen LogP contribution in [-0.4, -0.2) is 79.6 Å². The minimum atomic E-state index is -0.109. The van der Waals surface area contributed by atoms with E-state index in [0.717, 1.165) is 37.3 Å². The molecule has 0 atom stereocenters. The number of hydrogen-bond acceptors (Lipinski definition) is 8. The van der Waals surface area contributed by atoms with Crippen LogP contribution in [0.4, 0.5) is 23.1 Å². The molecule has 0 spiro atoms. The van der Waals surface area contributed by atoms with Crippen LogP contribution in [-0.2, 0) is 4.79 Å². The number of benzene rings is 1. The molecule has 216 valence electrons. The summed E-state index contributed by atoms with van der Waals surface area (Å²) in [4.78, 5) is 41.3. The van der Waals surface area contributed by atoms with E-state index in [0.29, 0.717) is 48.5 Å². The zero-order valence-corrected chi connectivity index (χ0v) is 24.0. The van der Waals surface area contributed by atoms with Gasteiger partial charge in [-0.25, -0.2) is 4.98 Å². The van der Waals surface area contributed by atoms with Crippen molar-refractivity contribution < 1.29 is 14.3 Å². The summed E-state index contributed by atoms with van der Waals surface area (Å²) in [7, 11) is 3.38. The molecular formula is C30H43N7O3. The standard InChI is InChI=1S/C30H43N7O3/c1-35-25-21-32-30(34-28(25)37(19-14-27(35)38)23-10-5-6-11-23)33-24-13-12-22(20-26(24)40-2)29(39)31-15-9-18-36-16-7-3-4-8-17-36/h12-13,20-21,23H,3-11,14-19H2,1-2H3,(H,31,39)(H,32,33,34). The van der Waals surface area contributed by atoms with E-state index in [1.54, 1.807) is 37.4 Å². The number of rotatable bonds is 9. The van der Waals surface area contributed by atoms with Crippen LogP contribution in [0, 0.1) is 0 Å². The molecule has 1 aliphatic carbocycles. The normalized spacial score (nSPS) is 18.7. The van der Waals surface area contributed by atoms with Gasteiger partial charge in [0, 0.05) is 38.2 Å². The van der Waals surface area contributed by atoms with Crippen molar-refractivity contribution in [3.63, 3.8) is 0 Å². The van der Waals surface area contributed by atoms with E-state index in [9.17, 15) is 9.59 Å². The third-order valence-electron chi connectivity index (χ3n) is 8.44. The third-order valence-corrected chi connectivity index (χ3v) is 8.44. The molecule has 0 bridgehead atoms. The van der Waals surface area contributed by atoms with Gasteiger partial charge in [-0.2, -0.15) is 4.98 Å². The first-order chi connectivity index (χ1) is 19.5. The van der Waals surface area contributed by atoms with Crippen molar-refractivity contribution in [2.24, 2.45) is 0 Å². The maximum absolute atomic E-state index is 12.8. The second kappa shape index (κ2) is 13.3.